The molecule has 0 aliphatic rings. The molecule has 0 bridgehead atoms. The number of methoxy groups -OCH3 is 1. The van der Waals surface area contributed by atoms with E-state index in [9.17, 15) is 4.79 Å². The van der Waals surface area contributed by atoms with Crippen LogP contribution in [0.4, 0.5) is 0 Å². The quantitative estimate of drug-likeness (QED) is 0.749. The van der Waals surface area contributed by atoms with Crippen molar-refractivity contribution in [1.82, 2.24) is 19.7 Å². The van der Waals surface area contributed by atoms with Crippen molar-refractivity contribution in [2.75, 3.05) is 13.7 Å². The molecular formula is C16H20N6O2. The lowest BCUT2D eigenvalue weighted by Gasteiger charge is -2.12. The van der Waals surface area contributed by atoms with E-state index in [4.69, 9.17) is 15.4 Å². The first kappa shape index (κ1) is 17.6. The number of hydrogen-bond acceptors (Lipinski definition) is 6. The van der Waals surface area contributed by atoms with E-state index in [1.54, 1.807) is 24.2 Å². The molecule has 0 saturated carbocycles. The zero-order valence-corrected chi connectivity index (χ0v) is 13.9. The van der Waals surface area contributed by atoms with Crippen molar-refractivity contribution in [2.24, 2.45) is 0 Å². The predicted octanol–water partition coefficient (Wildman–Crippen LogP) is 1.66. The Morgan fingerprint density at radius 3 is 2.88 bits per heavy atom. The van der Waals surface area contributed by atoms with E-state index in [2.05, 4.69) is 15.1 Å². The van der Waals surface area contributed by atoms with Crippen molar-refractivity contribution in [3.63, 3.8) is 0 Å². The van der Waals surface area contributed by atoms with Gasteiger partial charge in [0.1, 0.15) is 11.7 Å². The third kappa shape index (κ3) is 3.58. The maximum atomic E-state index is 12.5. The molecule has 0 fully saturated rings. The lowest BCUT2D eigenvalue weighted by Crippen LogP contribution is -2.21. The minimum atomic E-state index is -0.888. The molecule has 8 heteroatoms. The summed E-state index contributed by atoms with van der Waals surface area (Å²) >= 11 is 0. The van der Waals surface area contributed by atoms with Crippen molar-refractivity contribution < 1.29 is 4.74 Å². The van der Waals surface area contributed by atoms with Gasteiger partial charge in [-0.3, -0.25) is 9.48 Å². The van der Waals surface area contributed by atoms with Crippen LogP contribution in [0.2, 0.25) is 0 Å². The second-order valence-electron chi connectivity index (χ2n) is 5.63. The van der Waals surface area contributed by atoms with Gasteiger partial charge in [0.2, 0.25) is 0 Å². The van der Waals surface area contributed by atoms with E-state index in [0.717, 1.165) is 6.21 Å². The Bertz CT molecular complexity index is 815. The summed E-state index contributed by atoms with van der Waals surface area (Å²) < 4.78 is 6.74. The van der Waals surface area contributed by atoms with E-state index in [1.807, 2.05) is 19.9 Å². The molecule has 0 spiro atoms. The molecule has 0 aromatic carbocycles. The van der Waals surface area contributed by atoms with Gasteiger partial charge in [-0.25, -0.2) is 4.98 Å². The van der Waals surface area contributed by atoms with E-state index in [1.165, 1.54) is 0 Å². The highest BCUT2D eigenvalue weighted by atomic mass is 16.5. The van der Waals surface area contributed by atoms with Crippen LogP contribution in [0.25, 0.3) is 11.3 Å². The van der Waals surface area contributed by atoms with E-state index in [0.29, 0.717) is 30.0 Å². The van der Waals surface area contributed by atoms with Gasteiger partial charge in [0.05, 0.1) is 31.1 Å². The third-order valence-electron chi connectivity index (χ3n) is 3.58. The van der Waals surface area contributed by atoms with Crippen LogP contribution in [0.5, 0.6) is 0 Å². The van der Waals surface area contributed by atoms with Gasteiger partial charge in [0.15, 0.2) is 0 Å². The van der Waals surface area contributed by atoms with Crippen LogP contribution in [0, 0.1) is 16.7 Å². The summed E-state index contributed by atoms with van der Waals surface area (Å²) in [7, 11) is 1.62. The van der Waals surface area contributed by atoms with Gasteiger partial charge in [-0.1, -0.05) is 13.8 Å². The predicted molar refractivity (Wildman–Crippen MR) is 89.2 cm³/mol. The second kappa shape index (κ2) is 7.66. The molecule has 0 aliphatic heterocycles. The number of rotatable bonds is 7. The molecule has 126 valence electrons. The second-order valence-corrected chi connectivity index (χ2v) is 5.63. The molecule has 2 rings (SSSR count). The van der Waals surface area contributed by atoms with Gasteiger partial charge in [0.25, 0.3) is 5.56 Å². The summed E-state index contributed by atoms with van der Waals surface area (Å²) in [5.74, 6) is -0.768. The van der Waals surface area contributed by atoms with Crippen LogP contribution >= 0.6 is 0 Å². The SMILES string of the molecule is COCCn1cc(-c2nc(C(C#N)C=N)[nH]c(=O)c2C(C)C)cn1. The number of aromatic nitrogens is 4. The van der Waals surface area contributed by atoms with Gasteiger partial charge in [0, 0.05) is 30.6 Å². The number of nitrogens with zero attached hydrogens (tertiary/aromatic N) is 4. The van der Waals surface area contributed by atoms with Gasteiger partial charge < -0.3 is 15.1 Å². The van der Waals surface area contributed by atoms with Gasteiger partial charge in [-0.15, -0.1) is 0 Å². The largest absolute Gasteiger partial charge is 0.383 e. The minimum absolute atomic E-state index is 0.0480. The number of aromatic amines is 1. The highest BCUT2D eigenvalue weighted by Crippen LogP contribution is 2.25. The van der Waals surface area contributed by atoms with Crippen molar-refractivity contribution in [3.8, 4) is 17.3 Å². The van der Waals surface area contributed by atoms with Crippen LogP contribution in [-0.4, -0.2) is 39.7 Å². The minimum Gasteiger partial charge on any atom is -0.383 e. The fourth-order valence-corrected chi connectivity index (χ4v) is 2.37. The normalized spacial score (nSPS) is 12.1. The van der Waals surface area contributed by atoms with Crippen molar-refractivity contribution in [3.05, 3.63) is 34.1 Å². The van der Waals surface area contributed by atoms with Crippen LogP contribution in [0.15, 0.2) is 17.2 Å². The fourth-order valence-electron chi connectivity index (χ4n) is 2.37. The highest BCUT2D eigenvalue weighted by molar-refractivity contribution is 5.68. The standard InChI is InChI=1S/C16H20N6O2/c1-10(2)13-14(12-8-19-22(9-12)4-5-24-3)20-15(21-16(13)23)11(6-17)7-18/h6,8-11,17H,4-5H2,1-3H3,(H,20,21,23). The molecule has 2 N–H and O–H groups in total. The first-order chi connectivity index (χ1) is 11.5. The zero-order chi connectivity index (χ0) is 17.7. The Kier molecular flexibility index (Phi) is 5.60. The van der Waals surface area contributed by atoms with Crippen LogP contribution < -0.4 is 5.56 Å². The zero-order valence-electron chi connectivity index (χ0n) is 13.9. The lowest BCUT2D eigenvalue weighted by atomic mass is 9.99. The maximum Gasteiger partial charge on any atom is 0.254 e. The molecule has 2 aromatic heterocycles. The molecule has 0 amide bonds. The van der Waals surface area contributed by atoms with E-state index >= 15 is 0 Å². The first-order valence-corrected chi connectivity index (χ1v) is 7.57. The monoisotopic (exact) mass is 328 g/mol. The van der Waals surface area contributed by atoms with Gasteiger partial charge in [-0.2, -0.15) is 10.4 Å². The summed E-state index contributed by atoms with van der Waals surface area (Å²) in [4.78, 5) is 19.5. The number of hydrogen-bond donors (Lipinski definition) is 2. The fraction of sp³-hybridized carbons (Fsp3) is 0.438. The summed E-state index contributed by atoms with van der Waals surface area (Å²) in [5, 5.41) is 20.7. The molecule has 0 saturated heterocycles. The Labute approximate surface area is 139 Å². The van der Waals surface area contributed by atoms with E-state index in [-0.39, 0.29) is 17.3 Å². The third-order valence-corrected chi connectivity index (χ3v) is 3.58. The average molecular weight is 328 g/mol. The topological polar surface area (TPSA) is 120 Å². The smallest absolute Gasteiger partial charge is 0.254 e. The van der Waals surface area contributed by atoms with Crippen molar-refractivity contribution >= 4 is 6.21 Å². The number of nitrogens with one attached hydrogen (secondary N) is 2. The van der Waals surface area contributed by atoms with Crippen LogP contribution in [0.3, 0.4) is 0 Å². The molecule has 2 aromatic rings. The van der Waals surface area contributed by atoms with Crippen molar-refractivity contribution in [1.29, 1.82) is 10.7 Å². The summed E-state index contributed by atoms with van der Waals surface area (Å²) in [6, 6.07) is 1.94. The Morgan fingerprint density at radius 2 is 2.29 bits per heavy atom. The molecule has 1 atom stereocenters. The first-order valence-electron chi connectivity index (χ1n) is 7.57. The average Bonchev–Trinajstić information content (AvgIpc) is 3.02. The summed E-state index contributed by atoms with van der Waals surface area (Å²) in [5.41, 5.74) is 1.43. The number of nitriles is 1. The molecule has 1 unspecified atom stereocenters. The summed E-state index contributed by atoms with van der Waals surface area (Å²) in [6.45, 7) is 4.92. The lowest BCUT2D eigenvalue weighted by molar-refractivity contribution is 0.183. The van der Waals surface area contributed by atoms with E-state index < -0.39 is 5.92 Å². The molecular weight excluding hydrogens is 308 g/mol. The molecule has 0 aliphatic carbocycles. The van der Waals surface area contributed by atoms with Crippen LogP contribution in [-0.2, 0) is 11.3 Å². The Morgan fingerprint density at radius 1 is 1.54 bits per heavy atom. The van der Waals surface area contributed by atoms with Gasteiger partial charge in [-0.05, 0) is 5.92 Å². The summed E-state index contributed by atoms with van der Waals surface area (Å²) in [6.07, 6.45) is 4.39. The highest BCUT2D eigenvalue weighted by Gasteiger charge is 2.20. The number of H-pyrrole nitrogens is 1. The number of ether oxygens (including phenoxy) is 1. The maximum absolute atomic E-state index is 12.5. The Hall–Kier alpha value is -2.79. The molecule has 24 heavy (non-hydrogen) atoms. The van der Waals surface area contributed by atoms with Crippen LogP contribution in [0.1, 0.15) is 37.1 Å². The van der Waals surface area contributed by atoms with Gasteiger partial charge >= 0.3 is 0 Å². The molecule has 2 heterocycles. The molecule has 8 nitrogen and oxygen atoms in total. The Balaban J connectivity index is 2.57. The van der Waals surface area contributed by atoms with Crippen molar-refractivity contribution in [2.45, 2.75) is 32.2 Å². The molecule has 0 radical (unpaired) electrons.